The summed E-state index contributed by atoms with van der Waals surface area (Å²) in [6.45, 7) is 8.56. The number of benzene rings is 3. The number of hydrogen-bond acceptors (Lipinski definition) is 8. The minimum Gasteiger partial charge on any atom is -0.469 e. The number of fused-ring (bicyclic) bond motifs is 4. The number of methoxy groups -OCH3 is 2. The second-order valence-electron chi connectivity index (χ2n) is 19.6. The van der Waals surface area contributed by atoms with Crippen LogP contribution in [0.25, 0.3) is 27.8 Å². The Kier molecular flexibility index (Phi) is 11.5. The second kappa shape index (κ2) is 16.8. The van der Waals surface area contributed by atoms with E-state index in [0.29, 0.717) is 66.0 Å². The first-order chi connectivity index (χ1) is 31.4. The molecule has 3 fully saturated rings. The Bertz CT molecular complexity index is 2620. The van der Waals surface area contributed by atoms with Crippen LogP contribution in [0.15, 0.2) is 70.8 Å². The molecule has 2 aliphatic carbocycles. The quantitative estimate of drug-likeness (QED) is 0.151. The maximum Gasteiger partial charge on any atom is 0.407 e. The number of alkyl carbamates (subject to hydrolysis) is 1. The number of amides is 3. The molecule has 348 valence electrons. The number of carbonyl (C=O) groups excluding carboxylic acids is 4. The first-order valence-electron chi connectivity index (χ1n) is 22.9. The molecule has 2 saturated heterocycles. The molecule has 0 radical (unpaired) electrons. The Morgan fingerprint density at radius 2 is 1.42 bits per heavy atom. The summed E-state index contributed by atoms with van der Waals surface area (Å²) in [5.74, 6) is -10.8. The number of ether oxygens (including phenoxy) is 2. The third-order valence-corrected chi connectivity index (χ3v) is 14.8. The fourth-order valence-electron chi connectivity index (χ4n) is 10.7. The Balaban J connectivity index is 0.929. The predicted octanol–water partition coefficient (Wildman–Crippen LogP) is 9.62. The minimum absolute atomic E-state index is 0.00488. The number of aliphatic imine (C=N–C) groups is 2. The molecule has 6 aliphatic rings. The third kappa shape index (κ3) is 7.79. The average molecular weight is 910 g/mol. The van der Waals surface area contributed by atoms with Crippen LogP contribution in [0.2, 0.25) is 0 Å². The molecule has 4 heterocycles. The van der Waals surface area contributed by atoms with Crippen LogP contribution in [0.5, 0.6) is 0 Å². The van der Waals surface area contributed by atoms with Crippen molar-refractivity contribution >= 4 is 46.6 Å². The van der Waals surface area contributed by atoms with Gasteiger partial charge in [-0.15, -0.1) is 0 Å². The van der Waals surface area contributed by atoms with Crippen molar-refractivity contribution in [2.24, 2.45) is 33.2 Å². The standard InChI is InChI=1S/C51H55F4N5O6/c1-27(2)36(23-44(61)65-5)46(62)60-26-49(15-16-49)24-43(60)40-22-33(25-56-40)31-10-13-35-34-12-9-30(19-37(34)50(52,53)51(54,55)38(35)20-31)29-11-14-39-32(18-29)21-41(57-39)42-8-7-17-59(42)47(63)45(28(3)4)58-48(64)66-6/h9-14,18-20,25,27-28,36,42-43,45H,7-8,15-17,21-24,26H2,1-6H3,(H,58,64)/t36-,42-,43-,45-/m0/s1. The highest BCUT2D eigenvalue weighted by Crippen LogP contribution is 2.59. The molecule has 0 aromatic heterocycles. The van der Waals surface area contributed by atoms with Gasteiger partial charge in [-0.05, 0) is 113 Å². The summed E-state index contributed by atoms with van der Waals surface area (Å²) in [5.41, 5.74) is 3.39. The molecule has 66 heavy (non-hydrogen) atoms. The molecule has 0 bridgehead atoms. The van der Waals surface area contributed by atoms with Crippen LogP contribution in [0.1, 0.15) is 94.9 Å². The van der Waals surface area contributed by atoms with Crippen LogP contribution in [-0.2, 0) is 42.1 Å². The summed E-state index contributed by atoms with van der Waals surface area (Å²) in [7, 11) is 2.54. The van der Waals surface area contributed by atoms with Gasteiger partial charge >= 0.3 is 23.9 Å². The number of alkyl halides is 4. The Morgan fingerprint density at radius 1 is 0.773 bits per heavy atom. The van der Waals surface area contributed by atoms with E-state index in [2.05, 4.69) is 5.32 Å². The zero-order valence-electron chi connectivity index (χ0n) is 38.1. The lowest BCUT2D eigenvalue weighted by Gasteiger charge is -2.35. The van der Waals surface area contributed by atoms with Gasteiger partial charge in [0.05, 0.1) is 44.3 Å². The number of likely N-dealkylation sites (tertiary alicyclic amines) is 2. The van der Waals surface area contributed by atoms with E-state index in [1.165, 1.54) is 26.4 Å². The molecular formula is C51H55F4N5O6. The van der Waals surface area contributed by atoms with Gasteiger partial charge in [0.1, 0.15) is 6.04 Å². The lowest BCUT2D eigenvalue weighted by Crippen LogP contribution is -2.53. The van der Waals surface area contributed by atoms with Crippen molar-refractivity contribution in [3.63, 3.8) is 0 Å². The number of halogens is 4. The van der Waals surface area contributed by atoms with E-state index in [1.54, 1.807) is 35.4 Å². The van der Waals surface area contributed by atoms with Crippen LogP contribution in [0.3, 0.4) is 0 Å². The highest BCUT2D eigenvalue weighted by atomic mass is 19.3. The van der Waals surface area contributed by atoms with Crippen molar-refractivity contribution in [2.75, 3.05) is 27.3 Å². The lowest BCUT2D eigenvalue weighted by molar-refractivity contribution is -0.225. The Labute approximate surface area is 381 Å². The number of nitrogens with zero attached hydrogens (tertiary/aromatic N) is 4. The van der Waals surface area contributed by atoms with E-state index in [4.69, 9.17) is 19.5 Å². The van der Waals surface area contributed by atoms with Crippen molar-refractivity contribution in [2.45, 2.75) is 109 Å². The van der Waals surface area contributed by atoms with Gasteiger partial charge in [0, 0.05) is 54.7 Å². The van der Waals surface area contributed by atoms with Gasteiger partial charge in [-0.1, -0.05) is 58.0 Å². The van der Waals surface area contributed by atoms with E-state index in [0.717, 1.165) is 42.7 Å². The highest BCUT2D eigenvalue weighted by Gasteiger charge is 2.63. The van der Waals surface area contributed by atoms with Crippen LogP contribution in [-0.4, -0.2) is 90.5 Å². The summed E-state index contributed by atoms with van der Waals surface area (Å²) >= 11 is 0. The smallest absolute Gasteiger partial charge is 0.407 e. The number of esters is 1. The van der Waals surface area contributed by atoms with Crippen molar-refractivity contribution in [1.82, 2.24) is 15.1 Å². The van der Waals surface area contributed by atoms with E-state index < -0.39 is 47.0 Å². The molecule has 3 amide bonds. The van der Waals surface area contributed by atoms with Gasteiger partial charge < -0.3 is 24.6 Å². The maximum atomic E-state index is 16.4. The highest BCUT2D eigenvalue weighted by molar-refractivity contribution is 6.04. The van der Waals surface area contributed by atoms with Gasteiger partial charge in [0.25, 0.3) is 0 Å². The number of hydrogen-bond donors (Lipinski definition) is 1. The van der Waals surface area contributed by atoms with Crippen molar-refractivity contribution in [3.8, 4) is 22.3 Å². The number of nitrogens with one attached hydrogen (secondary N) is 1. The predicted molar refractivity (Wildman–Crippen MR) is 242 cm³/mol. The first-order valence-corrected chi connectivity index (χ1v) is 22.9. The second-order valence-corrected chi connectivity index (χ2v) is 19.6. The molecule has 0 unspecified atom stereocenters. The molecule has 4 aliphatic heterocycles. The zero-order chi connectivity index (χ0) is 47.0. The molecule has 1 N–H and O–H groups in total. The van der Waals surface area contributed by atoms with Crippen LogP contribution in [0.4, 0.5) is 28.0 Å². The van der Waals surface area contributed by atoms with Crippen molar-refractivity contribution in [1.29, 1.82) is 0 Å². The minimum atomic E-state index is -4.54. The molecule has 11 nitrogen and oxygen atoms in total. The van der Waals surface area contributed by atoms with Gasteiger partial charge in [-0.25, -0.2) is 4.79 Å². The fraction of sp³-hybridized carbons (Fsp3) is 0.490. The average Bonchev–Trinajstić information content (AvgIpc) is 3.79. The van der Waals surface area contributed by atoms with E-state index in [1.807, 2.05) is 38.7 Å². The van der Waals surface area contributed by atoms with E-state index in [9.17, 15) is 19.2 Å². The van der Waals surface area contributed by atoms with Gasteiger partial charge in [0.2, 0.25) is 11.8 Å². The van der Waals surface area contributed by atoms with Gasteiger partial charge in [-0.3, -0.25) is 24.4 Å². The summed E-state index contributed by atoms with van der Waals surface area (Å²) < 4.78 is 75.1. The van der Waals surface area contributed by atoms with Crippen LogP contribution >= 0.6 is 0 Å². The van der Waals surface area contributed by atoms with Gasteiger partial charge in [-0.2, -0.15) is 17.6 Å². The third-order valence-electron chi connectivity index (χ3n) is 14.8. The maximum absolute atomic E-state index is 16.4. The topological polar surface area (TPSA) is 130 Å². The van der Waals surface area contributed by atoms with E-state index >= 15 is 17.6 Å². The number of rotatable bonds is 11. The van der Waals surface area contributed by atoms with Gasteiger partial charge in [0.15, 0.2) is 0 Å². The Hall–Kier alpha value is -5.86. The van der Waals surface area contributed by atoms with Crippen molar-refractivity contribution < 1.29 is 46.2 Å². The monoisotopic (exact) mass is 909 g/mol. The molecular weight excluding hydrogens is 855 g/mol. The molecule has 9 rings (SSSR count). The van der Waals surface area contributed by atoms with Crippen molar-refractivity contribution in [3.05, 3.63) is 83.1 Å². The number of allylic oxidation sites excluding steroid dienone is 1. The molecule has 1 spiro atoms. The molecule has 15 heteroatoms. The SMILES string of the molecule is COC(=O)C[C@H](C(=O)N1CC2(CC2)C[C@H]1C1=NC=C(c2ccc3c(c2)C(F)(F)C(F)(F)c2cc(-c4ccc5c(c4)CC([C@@H]4CCCN4C(=O)[C@@H](NC(=O)OC)C(C)C)=N5)ccc2-3)C1)C(C)C. The molecule has 1 saturated carbocycles. The fourth-order valence-corrected chi connectivity index (χ4v) is 10.7. The normalized spacial score (nSPS) is 22.6. The lowest BCUT2D eigenvalue weighted by atomic mass is 9.78. The van der Waals surface area contributed by atoms with Crippen LogP contribution < -0.4 is 5.32 Å². The van der Waals surface area contributed by atoms with E-state index in [-0.39, 0.29) is 65.1 Å². The summed E-state index contributed by atoms with van der Waals surface area (Å²) in [6, 6.07) is 12.6. The molecule has 4 atom stereocenters. The zero-order valence-corrected chi connectivity index (χ0v) is 38.1. The molecule has 3 aromatic carbocycles. The summed E-state index contributed by atoms with van der Waals surface area (Å²) in [6.07, 6.45) is 5.68. The number of carbonyl (C=O) groups is 4. The summed E-state index contributed by atoms with van der Waals surface area (Å²) in [4.78, 5) is 65.2. The summed E-state index contributed by atoms with van der Waals surface area (Å²) in [5, 5.41) is 2.66. The van der Waals surface area contributed by atoms with Crippen LogP contribution in [0, 0.1) is 23.2 Å². The Morgan fingerprint density at radius 3 is 2.06 bits per heavy atom. The first kappa shape index (κ1) is 45.3. The molecule has 3 aromatic rings. The largest absolute Gasteiger partial charge is 0.469 e.